The van der Waals surface area contributed by atoms with Crippen LogP contribution in [0.4, 0.5) is 4.39 Å². The van der Waals surface area contributed by atoms with Crippen LogP contribution in [0.15, 0.2) is 24.3 Å². The number of rotatable bonds is 7. The molecule has 0 bridgehead atoms. The van der Waals surface area contributed by atoms with E-state index in [1.54, 1.807) is 13.2 Å². The summed E-state index contributed by atoms with van der Waals surface area (Å²) in [6.45, 7) is 1.61. The Hall–Kier alpha value is -0.930. The second kappa shape index (κ2) is 7.36. The van der Waals surface area contributed by atoms with Crippen LogP contribution in [0.5, 0.6) is 0 Å². The zero-order chi connectivity index (χ0) is 11.8. The summed E-state index contributed by atoms with van der Waals surface area (Å²) >= 11 is 0. The number of benzene rings is 1. The van der Waals surface area contributed by atoms with Crippen LogP contribution in [-0.4, -0.2) is 27.3 Å². The Morgan fingerprint density at radius 1 is 1.38 bits per heavy atom. The van der Waals surface area contributed by atoms with Gasteiger partial charge in [0.15, 0.2) is 0 Å². The molecule has 0 aliphatic heterocycles. The zero-order valence-corrected chi connectivity index (χ0v) is 10.0. The van der Waals surface area contributed by atoms with Crippen LogP contribution >= 0.6 is 0 Å². The van der Waals surface area contributed by atoms with Crippen molar-refractivity contribution in [2.45, 2.75) is 12.8 Å². The monoisotopic (exact) mass is 225 g/mol. The molecule has 0 aromatic heterocycles. The van der Waals surface area contributed by atoms with E-state index in [4.69, 9.17) is 4.74 Å². The van der Waals surface area contributed by atoms with Crippen molar-refractivity contribution in [2.75, 3.05) is 27.3 Å². The molecule has 1 unspecified atom stereocenters. The minimum Gasteiger partial charge on any atom is -0.385 e. The summed E-state index contributed by atoms with van der Waals surface area (Å²) < 4.78 is 18.5. The number of ether oxygens (including phenoxy) is 1. The highest BCUT2D eigenvalue weighted by atomic mass is 19.1. The van der Waals surface area contributed by atoms with E-state index in [9.17, 15) is 4.39 Å². The highest BCUT2D eigenvalue weighted by molar-refractivity contribution is 5.17. The van der Waals surface area contributed by atoms with Gasteiger partial charge in [-0.05, 0) is 44.0 Å². The van der Waals surface area contributed by atoms with Gasteiger partial charge in [-0.2, -0.15) is 0 Å². The molecule has 0 aliphatic carbocycles. The molecule has 90 valence electrons. The van der Waals surface area contributed by atoms with Crippen LogP contribution in [0, 0.1) is 11.7 Å². The molecule has 1 aromatic rings. The van der Waals surface area contributed by atoms with Crippen molar-refractivity contribution < 1.29 is 9.13 Å². The van der Waals surface area contributed by atoms with Crippen LogP contribution in [0.2, 0.25) is 0 Å². The predicted molar refractivity (Wildman–Crippen MR) is 64.0 cm³/mol. The topological polar surface area (TPSA) is 21.3 Å². The highest BCUT2D eigenvalue weighted by Crippen LogP contribution is 2.15. The maximum Gasteiger partial charge on any atom is 0.126 e. The lowest BCUT2D eigenvalue weighted by molar-refractivity contribution is 0.176. The van der Waals surface area contributed by atoms with E-state index in [0.717, 1.165) is 31.6 Å². The van der Waals surface area contributed by atoms with Gasteiger partial charge in [0.05, 0.1) is 0 Å². The summed E-state index contributed by atoms with van der Waals surface area (Å²) in [6.07, 6.45) is 1.71. The Bertz CT molecular complexity index is 304. The average molecular weight is 225 g/mol. The van der Waals surface area contributed by atoms with E-state index in [0.29, 0.717) is 5.92 Å². The van der Waals surface area contributed by atoms with Gasteiger partial charge in [-0.1, -0.05) is 18.2 Å². The lowest BCUT2D eigenvalue weighted by atomic mass is 9.96. The summed E-state index contributed by atoms with van der Waals surface area (Å²) in [5.74, 6) is 0.308. The fraction of sp³-hybridized carbons (Fsp3) is 0.538. The molecule has 1 aromatic carbocycles. The van der Waals surface area contributed by atoms with Gasteiger partial charge in [0.2, 0.25) is 0 Å². The van der Waals surface area contributed by atoms with E-state index in [2.05, 4.69) is 5.32 Å². The normalized spacial score (nSPS) is 12.7. The number of hydrogen-bond donors (Lipinski definition) is 1. The number of halogens is 1. The zero-order valence-electron chi connectivity index (χ0n) is 10.0. The Labute approximate surface area is 96.8 Å². The lowest BCUT2D eigenvalue weighted by Gasteiger charge is -2.16. The van der Waals surface area contributed by atoms with Crippen molar-refractivity contribution in [2.24, 2.45) is 5.92 Å². The number of hydrogen-bond acceptors (Lipinski definition) is 2. The standard InChI is InChI=1S/C13H20FNO/c1-15-10-11(7-8-16-2)9-12-5-3-4-6-13(12)14/h3-6,11,15H,7-10H2,1-2H3. The minimum atomic E-state index is -0.110. The first kappa shape index (κ1) is 13.1. The Kier molecular flexibility index (Phi) is 6.04. The predicted octanol–water partition coefficient (Wildman–Crippen LogP) is 2.24. The van der Waals surface area contributed by atoms with E-state index >= 15 is 0 Å². The van der Waals surface area contributed by atoms with Crippen LogP contribution in [0.25, 0.3) is 0 Å². The molecule has 0 radical (unpaired) electrons. The van der Waals surface area contributed by atoms with Crippen molar-refractivity contribution in [3.63, 3.8) is 0 Å². The largest absolute Gasteiger partial charge is 0.385 e. The molecule has 2 nitrogen and oxygen atoms in total. The molecular formula is C13H20FNO. The molecule has 16 heavy (non-hydrogen) atoms. The van der Waals surface area contributed by atoms with E-state index < -0.39 is 0 Å². The van der Waals surface area contributed by atoms with Gasteiger partial charge in [0, 0.05) is 13.7 Å². The fourth-order valence-corrected chi connectivity index (χ4v) is 1.82. The first-order valence-corrected chi connectivity index (χ1v) is 5.65. The third kappa shape index (κ3) is 4.29. The second-order valence-electron chi connectivity index (χ2n) is 4.00. The molecule has 1 rings (SSSR count). The van der Waals surface area contributed by atoms with E-state index in [1.165, 1.54) is 6.07 Å². The van der Waals surface area contributed by atoms with E-state index in [1.807, 2.05) is 19.2 Å². The molecular weight excluding hydrogens is 205 g/mol. The van der Waals surface area contributed by atoms with Crippen molar-refractivity contribution in [3.05, 3.63) is 35.6 Å². The lowest BCUT2D eigenvalue weighted by Crippen LogP contribution is -2.22. The first-order chi connectivity index (χ1) is 7.77. The fourth-order valence-electron chi connectivity index (χ4n) is 1.82. The van der Waals surface area contributed by atoms with Crippen LogP contribution < -0.4 is 5.32 Å². The van der Waals surface area contributed by atoms with Crippen LogP contribution in [0.1, 0.15) is 12.0 Å². The quantitative estimate of drug-likeness (QED) is 0.768. The Balaban J connectivity index is 2.56. The molecule has 0 fully saturated rings. The van der Waals surface area contributed by atoms with Gasteiger partial charge in [-0.25, -0.2) is 4.39 Å². The molecule has 3 heteroatoms. The van der Waals surface area contributed by atoms with Gasteiger partial charge in [-0.15, -0.1) is 0 Å². The number of methoxy groups -OCH3 is 1. The minimum absolute atomic E-state index is 0.110. The summed E-state index contributed by atoms with van der Waals surface area (Å²) in [7, 11) is 3.61. The first-order valence-electron chi connectivity index (χ1n) is 5.65. The molecule has 1 atom stereocenters. The van der Waals surface area contributed by atoms with Crippen molar-refractivity contribution in [1.29, 1.82) is 0 Å². The maximum atomic E-state index is 13.5. The second-order valence-corrected chi connectivity index (χ2v) is 4.00. The molecule has 1 N–H and O–H groups in total. The molecule has 0 saturated carbocycles. The maximum absolute atomic E-state index is 13.5. The van der Waals surface area contributed by atoms with Gasteiger partial charge >= 0.3 is 0 Å². The average Bonchev–Trinajstić information content (AvgIpc) is 2.29. The summed E-state index contributed by atoms with van der Waals surface area (Å²) in [5.41, 5.74) is 0.791. The highest BCUT2D eigenvalue weighted by Gasteiger charge is 2.11. The SMILES string of the molecule is CNCC(CCOC)Cc1ccccc1F. The third-order valence-corrected chi connectivity index (χ3v) is 2.69. The summed E-state index contributed by atoms with van der Waals surface area (Å²) in [4.78, 5) is 0. The summed E-state index contributed by atoms with van der Waals surface area (Å²) in [5, 5.41) is 3.14. The third-order valence-electron chi connectivity index (χ3n) is 2.69. The van der Waals surface area contributed by atoms with Gasteiger partial charge < -0.3 is 10.1 Å². The van der Waals surface area contributed by atoms with Crippen molar-refractivity contribution in [3.8, 4) is 0 Å². The number of nitrogens with one attached hydrogen (secondary N) is 1. The molecule has 0 aliphatic rings. The van der Waals surface area contributed by atoms with Crippen LogP contribution in [-0.2, 0) is 11.2 Å². The summed E-state index contributed by atoms with van der Waals surface area (Å²) in [6, 6.07) is 6.97. The van der Waals surface area contributed by atoms with Gasteiger partial charge in [0.25, 0.3) is 0 Å². The Morgan fingerprint density at radius 3 is 2.75 bits per heavy atom. The van der Waals surface area contributed by atoms with Crippen molar-refractivity contribution >= 4 is 0 Å². The smallest absolute Gasteiger partial charge is 0.126 e. The molecule has 0 heterocycles. The molecule has 0 amide bonds. The van der Waals surface area contributed by atoms with Crippen LogP contribution in [0.3, 0.4) is 0 Å². The Morgan fingerprint density at radius 2 is 2.12 bits per heavy atom. The van der Waals surface area contributed by atoms with Gasteiger partial charge in [-0.3, -0.25) is 0 Å². The molecule has 0 spiro atoms. The van der Waals surface area contributed by atoms with Gasteiger partial charge in [0.1, 0.15) is 5.82 Å². The van der Waals surface area contributed by atoms with E-state index in [-0.39, 0.29) is 5.82 Å². The molecule has 0 saturated heterocycles. The van der Waals surface area contributed by atoms with Crippen molar-refractivity contribution in [1.82, 2.24) is 5.32 Å².